The van der Waals surface area contributed by atoms with Crippen molar-refractivity contribution in [3.8, 4) is 0 Å². The van der Waals surface area contributed by atoms with Gasteiger partial charge in [0.05, 0.1) is 17.9 Å². The van der Waals surface area contributed by atoms with Crippen LogP contribution in [0.1, 0.15) is 24.2 Å². The number of ether oxygens (including phenoxy) is 1. The van der Waals surface area contributed by atoms with Gasteiger partial charge in [-0.2, -0.15) is 0 Å². The van der Waals surface area contributed by atoms with Gasteiger partial charge >= 0.3 is 5.97 Å². The molecule has 0 aliphatic carbocycles. The molecule has 2 aromatic heterocycles. The molecule has 9 nitrogen and oxygen atoms in total. The van der Waals surface area contributed by atoms with Crippen LogP contribution in [0.5, 0.6) is 0 Å². The van der Waals surface area contributed by atoms with Crippen molar-refractivity contribution in [2.45, 2.75) is 18.2 Å². The van der Waals surface area contributed by atoms with E-state index in [9.17, 15) is 14.4 Å². The van der Waals surface area contributed by atoms with Crippen molar-refractivity contribution in [1.29, 1.82) is 0 Å². The van der Waals surface area contributed by atoms with E-state index in [1.54, 1.807) is 30.5 Å². The standard InChI is InChI=1S/C19H19N5O4S3/c1-3-28-17(27)14-7-8-29-16(14)22-15(26)10-30-19-24-23-18(31-19)21-13-6-4-5-12(9-13)20-11(2)25/h4-9H,3,10H2,1-2H3,(H,20,25)(H,21,23)(H,22,26). The molecule has 3 aromatic rings. The molecule has 0 aliphatic heterocycles. The highest BCUT2D eigenvalue weighted by atomic mass is 32.2. The van der Waals surface area contributed by atoms with Crippen LogP contribution in [0.15, 0.2) is 40.1 Å². The molecule has 0 atom stereocenters. The first-order valence-electron chi connectivity index (χ1n) is 9.10. The lowest BCUT2D eigenvalue weighted by Gasteiger charge is -2.06. The van der Waals surface area contributed by atoms with Gasteiger partial charge in [-0.3, -0.25) is 9.59 Å². The summed E-state index contributed by atoms with van der Waals surface area (Å²) in [5.74, 6) is -0.755. The lowest BCUT2D eigenvalue weighted by atomic mass is 10.3. The minimum Gasteiger partial charge on any atom is -0.462 e. The number of amides is 2. The second-order valence-corrected chi connectivity index (χ2v) is 9.10. The minimum atomic E-state index is -0.464. The van der Waals surface area contributed by atoms with Crippen molar-refractivity contribution < 1.29 is 19.1 Å². The zero-order valence-electron chi connectivity index (χ0n) is 16.6. The highest BCUT2D eigenvalue weighted by molar-refractivity contribution is 8.01. The van der Waals surface area contributed by atoms with E-state index in [1.807, 2.05) is 12.1 Å². The number of hydrogen-bond donors (Lipinski definition) is 3. The van der Waals surface area contributed by atoms with Crippen LogP contribution in [0.2, 0.25) is 0 Å². The van der Waals surface area contributed by atoms with Gasteiger partial charge in [-0.05, 0) is 36.6 Å². The van der Waals surface area contributed by atoms with Crippen molar-refractivity contribution >= 4 is 73.7 Å². The SMILES string of the molecule is CCOC(=O)c1ccsc1NC(=O)CSc1nnc(Nc2cccc(NC(C)=O)c2)s1. The van der Waals surface area contributed by atoms with E-state index < -0.39 is 5.97 Å². The number of thioether (sulfide) groups is 1. The molecule has 162 valence electrons. The Labute approximate surface area is 190 Å². The lowest BCUT2D eigenvalue weighted by molar-refractivity contribution is -0.114. The van der Waals surface area contributed by atoms with Crippen LogP contribution in [0.3, 0.4) is 0 Å². The number of nitrogens with one attached hydrogen (secondary N) is 3. The molecule has 12 heteroatoms. The van der Waals surface area contributed by atoms with Crippen LogP contribution in [0.25, 0.3) is 0 Å². The summed E-state index contributed by atoms with van der Waals surface area (Å²) in [7, 11) is 0. The number of benzene rings is 1. The summed E-state index contributed by atoms with van der Waals surface area (Å²) in [5, 5.41) is 19.5. The number of thiophene rings is 1. The van der Waals surface area contributed by atoms with E-state index >= 15 is 0 Å². The molecule has 0 spiro atoms. The van der Waals surface area contributed by atoms with Gasteiger partial charge in [0, 0.05) is 18.3 Å². The minimum absolute atomic E-state index is 0.118. The van der Waals surface area contributed by atoms with E-state index in [1.165, 1.54) is 41.4 Å². The number of carbonyl (C=O) groups excluding carboxylic acids is 3. The molecule has 0 aliphatic rings. The number of anilines is 4. The molecule has 0 radical (unpaired) electrons. The van der Waals surface area contributed by atoms with Crippen LogP contribution in [-0.4, -0.2) is 40.3 Å². The fourth-order valence-electron chi connectivity index (χ4n) is 2.39. The van der Waals surface area contributed by atoms with Gasteiger partial charge in [0.25, 0.3) is 0 Å². The second-order valence-electron chi connectivity index (χ2n) is 5.98. The molecule has 1 aromatic carbocycles. The van der Waals surface area contributed by atoms with Crippen molar-refractivity contribution in [2.24, 2.45) is 0 Å². The zero-order valence-corrected chi connectivity index (χ0v) is 19.1. The molecule has 2 amide bonds. The summed E-state index contributed by atoms with van der Waals surface area (Å²) in [4.78, 5) is 35.4. The van der Waals surface area contributed by atoms with Gasteiger partial charge in [-0.1, -0.05) is 29.2 Å². The van der Waals surface area contributed by atoms with Crippen LogP contribution in [-0.2, 0) is 14.3 Å². The van der Waals surface area contributed by atoms with Gasteiger partial charge in [-0.25, -0.2) is 4.79 Å². The maximum absolute atomic E-state index is 12.3. The average Bonchev–Trinajstić information content (AvgIpc) is 3.36. The molecule has 3 rings (SSSR count). The summed E-state index contributed by atoms with van der Waals surface area (Å²) in [6.07, 6.45) is 0. The Kier molecular flexibility index (Phi) is 7.98. The van der Waals surface area contributed by atoms with Crippen molar-refractivity contribution in [3.05, 3.63) is 41.3 Å². The molecule has 31 heavy (non-hydrogen) atoms. The van der Waals surface area contributed by atoms with E-state index in [0.717, 1.165) is 5.69 Å². The molecule has 0 unspecified atom stereocenters. The first kappa shape index (κ1) is 22.7. The summed E-state index contributed by atoms with van der Waals surface area (Å²) < 4.78 is 5.60. The molecule has 2 heterocycles. The molecule has 3 N–H and O–H groups in total. The summed E-state index contributed by atoms with van der Waals surface area (Å²) in [6.45, 7) is 3.44. The van der Waals surface area contributed by atoms with Crippen molar-refractivity contribution in [2.75, 3.05) is 28.3 Å². The van der Waals surface area contributed by atoms with E-state index in [-0.39, 0.29) is 24.2 Å². The van der Waals surface area contributed by atoms with Crippen LogP contribution < -0.4 is 16.0 Å². The summed E-state index contributed by atoms with van der Waals surface area (Å²) in [5.41, 5.74) is 1.76. The highest BCUT2D eigenvalue weighted by Gasteiger charge is 2.16. The Bertz CT molecular complexity index is 1080. The first-order valence-corrected chi connectivity index (χ1v) is 11.8. The van der Waals surface area contributed by atoms with E-state index in [0.29, 0.717) is 25.7 Å². The van der Waals surface area contributed by atoms with Gasteiger partial charge in [0.15, 0.2) is 4.34 Å². The first-order chi connectivity index (χ1) is 14.9. The molecular weight excluding hydrogens is 458 g/mol. The maximum Gasteiger partial charge on any atom is 0.341 e. The van der Waals surface area contributed by atoms with Crippen LogP contribution in [0.4, 0.5) is 21.5 Å². The number of nitrogens with zero attached hydrogens (tertiary/aromatic N) is 2. The summed E-state index contributed by atoms with van der Waals surface area (Å²) >= 11 is 3.81. The normalized spacial score (nSPS) is 10.4. The molecule has 0 bridgehead atoms. The Hall–Kier alpha value is -2.96. The Morgan fingerprint density at radius 3 is 2.71 bits per heavy atom. The number of hydrogen-bond acceptors (Lipinski definition) is 10. The van der Waals surface area contributed by atoms with E-state index in [2.05, 4.69) is 26.1 Å². The molecule has 0 saturated heterocycles. The predicted molar refractivity (Wildman–Crippen MR) is 124 cm³/mol. The zero-order chi connectivity index (χ0) is 22.2. The van der Waals surface area contributed by atoms with Gasteiger partial charge in [-0.15, -0.1) is 21.5 Å². The quantitative estimate of drug-likeness (QED) is 0.309. The van der Waals surface area contributed by atoms with Gasteiger partial charge in [0.1, 0.15) is 5.00 Å². The number of carbonyl (C=O) groups is 3. The lowest BCUT2D eigenvalue weighted by Crippen LogP contribution is -2.15. The maximum atomic E-state index is 12.3. The fourth-order valence-corrected chi connectivity index (χ4v) is 4.75. The molecule has 0 fully saturated rings. The monoisotopic (exact) mass is 477 g/mol. The van der Waals surface area contributed by atoms with Crippen LogP contribution in [0, 0.1) is 0 Å². The smallest absolute Gasteiger partial charge is 0.341 e. The predicted octanol–water partition coefficient (Wildman–Crippen LogP) is 4.21. The van der Waals surface area contributed by atoms with Crippen LogP contribution >= 0.6 is 34.4 Å². The Morgan fingerprint density at radius 2 is 1.94 bits per heavy atom. The molecule has 0 saturated carbocycles. The third-order valence-corrected chi connectivity index (χ3v) is 6.38. The van der Waals surface area contributed by atoms with Gasteiger partial charge in [0.2, 0.25) is 16.9 Å². The number of rotatable bonds is 9. The number of aromatic nitrogens is 2. The highest BCUT2D eigenvalue weighted by Crippen LogP contribution is 2.29. The van der Waals surface area contributed by atoms with Gasteiger partial charge < -0.3 is 20.7 Å². The molecular formula is C19H19N5O4S3. The third kappa shape index (κ3) is 6.77. The summed E-state index contributed by atoms with van der Waals surface area (Å²) in [6, 6.07) is 8.84. The second kappa shape index (κ2) is 10.9. The fraction of sp³-hybridized carbons (Fsp3) is 0.211. The third-order valence-electron chi connectivity index (χ3n) is 3.58. The number of esters is 1. The largest absolute Gasteiger partial charge is 0.462 e. The van der Waals surface area contributed by atoms with E-state index in [4.69, 9.17) is 4.74 Å². The van der Waals surface area contributed by atoms with Crippen molar-refractivity contribution in [3.63, 3.8) is 0 Å². The Balaban J connectivity index is 1.53. The topological polar surface area (TPSA) is 122 Å². The Morgan fingerprint density at radius 1 is 1.13 bits per heavy atom. The average molecular weight is 478 g/mol. The van der Waals surface area contributed by atoms with Crippen molar-refractivity contribution in [1.82, 2.24) is 10.2 Å².